The lowest BCUT2D eigenvalue weighted by molar-refractivity contribution is -0.142. The first-order valence-corrected chi connectivity index (χ1v) is 7.59. The number of carbonyl (C=O) groups excluding carboxylic acids is 1. The van der Waals surface area contributed by atoms with Crippen LogP contribution in [0, 0.1) is 11.3 Å². The standard InChI is InChI=1S/C15H27NO3/c1-19-10-4-8-15(12-17)7-3-9-16(11-15)14(18)13-5-2-6-13/h13,17H,2-12H2,1H3. The molecule has 2 rings (SSSR count). The third-order valence-corrected chi connectivity index (χ3v) is 4.82. The van der Waals surface area contributed by atoms with Crippen LogP contribution in [-0.2, 0) is 9.53 Å². The number of hydrogen-bond acceptors (Lipinski definition) is 3. The number of piperidine rings is 1. The van der Waals surface area contributed by atoms with Crippen LogP contribution in [0.3, 0.4) is 0 Å². The van der Waals surface area contributed by atoms with E-state index < -0.39 is 0 Å². The summed E-state index contributed by atoms with van der Waals surface area (Å²) < 4.78 is 5.10. The van der Waals surface area contributed by atoms with Crippen molar-refractivity contribution in [2.75, 3.05) is 33.4 Å². The van der Waals surface area contributed by atoms with Gasteiger partial charge in [0.1, 0.15) is 0 Å². The first-order valence-electron chi connectivity index (χ1n) is 7.59. The van der Waals surface area contributed by atoms with Gasteiger partial charge in [0.05, 0.1) is 6.61 Å². The number of carbonyl (C=O) groups is 1. The summed E-state index contributed by atoms with van der Waals surface area (Å²) in [6.45, 7) is 2.54. The van der Waals surface area contributed by atoms with Gasteiger partial charge in [-0.3, -0.25) is 4.79 Å². The molecule has 1 N–H and O–H groups in total. The smallest absolute Gasteiger partial charge is 0.225 e. The van der Waals surface area contributed by atoms with Crippen molar-refractivity contribution in [1.29, 1.82) is 0 Å². The van der Waals surface area contributed by atoms with Crippen LogP contribution in [-0.4, -0.2) is 49.3 Å². The number of ether oxygens (including phenoxy) is 1. The average molecular weight is 269 g/mol. The molecule has 1 aliphatic heterocycles. The van der Waals surface area contributed by atoms with Gasteiger partial charge in [-0.15, -0.1) is 0 Å². The second-order valence-electron chi connectivity index (χ2n) is 6.25. The van der Waals surface area contributed by atoms with Crippen LogP contribution in [0.4, 0.5) is 0 Å². The highest BCUT2D eigenvalue weighted by Gasteiger charge is 2.38. The normalized spacial score (nSPS) is 28.2. The minimum absolute atomic E-state index is 0.0871. The highest BCUT2D eigenvalue weighted by atomic mass is 16.5. The molecule has 0 bridgehead atoms. The van der Waals surface area contributed by atoms with Crippen molar-refractivity contribution in [1.82, 2.24) is 4.90 Å². The van der Waals surface area contributed by atoms with Crippen LogP contribution in [0.5, 0.6) is 0 Å². The summed E-state index contributed by atoms with van der Waals surface area (Å²) in [7, 11) is 1.71. The van der Waals surface area contributed by atoms with Crippen LogP contribution < -0.4 is 0 Å². The molecule has 4 heteroatoms. The van der Waals surface area contributed by atoms with Crippen LogP contribution in [0.15, 0.2) is 0 Å². The molecular weight excluding hydrogens is 242 g/mol. The molecule has 1 atom stereocenters. The van der Waals surface area contributed by atoms with Gasteiger partial charge < -0.3 is 14.7 Å². The van der Waals surface area contributed by atoms with Gasteiger partial charge in [-0.1, -0.05) is 6.42 Å². The first-order chi connectivity index (χ1) is 9.21. The largest absolute Gasteiger partial charge is 0.396 e. The van der Waals surface area contributed by atoms with E-state index in [1.54, 1.807) is 7.11 Å². The van der Waals surface area contributed by atoms with Crippen molar-refractivity contribution < 1.29 is 14.6 Å². The zero-order valence-corrected chi connectivity index (χ0v) is 12.1. The van der Waals surface area contributed by atoms with E-state index in [9.17, 15) is 9.90 Å². The van der Waals surface area contributed by atoms with Gasteiger partial charge in [0.15, 0.2) is 0 Å². The number of amides is 1. The van der Waals surface area contributed by atoms with Crippen LogP contribution in [0.25, 0.3) is 0 Å². The summed E-state index contributed by atoms with van der Waals surface area (Å²) in [6, 6.07) is 0. The molecule has 2 fully saturated rings. The van der Waals surface area contributed by atoms with Gasteiger partial charge in [0.25, 0.3) is 0 Å². The summed E-state index contributed by atoms with van der Waals surface area (Å²) in [6.07, 6.45) is 7.28. The van der Waals surface area contributed by atoms with E-state index in [0.717, 1.165) is 58.2 Å². The zero-order chi connectivity index (χ0) is 13.7. The van der Waals surface area contributed by atoms with E-state index in [2.05, 4.69) is 0 Å². The predicted molar refractivity (Wildman–Crippen MR) is 73.8 cm³/mol. The van der Waals surface area contributed by atoms with Gasteiger partial charge in [-0.05, 0) is 38.5 Å². The maximum absolute atomic E-state index is 12.3. The summed E-state index contributed by atoms with van der Waals surface area (Å²) >= 11 is 0. The van der Waals surface area contributed by atoms with E-state index in [4.69, 9.17) is 4.74 Å². The molecule has 0 radical (unpaired) electrons. The number of methoxy groups -OCH3 is 1. The van der Waals surface area contributed by atoms with Crippen LogP contribution in [0.2, 0.25) is 0 Å². The van der Waals surface area contributed by atoms with Gasteiger partial charge in [-0.25, -0.2) is 0 Å². The Morgan fingerprint density at radius 1 is 1.42 bits per heavy atom. The molecule has 1 saturated carbocycles. The molecule has 0 aromatic carbocycles. The Morgan fingerprint density at radius 3 is 2.79 bits per heavy atom. The maximum atomic E-state index is 12.3. The van der Waals surface area contributed by atoms with Crippen LogP contribution in [0.1, 0.15) is 44.9 Å². The minimum atomic E-state index is -0.0871. The first kappa shape index (κ1) is 14.8. The minimum Gasteiger partial charge on any atom is -0.396 e. The van der Waals surface area contributed by atoms with E-state index in [1.807, 2.05) is 4.90 Å². The molecule has 0 aromatic heterocycles. The Morgan fingerprint density at radius 2 is 2.21 bits per heavy atom. The molecule has 1 unspecified atom stereocenters. The number of likely N-dealkylation sites (tertiary alicyclic amines) is 1. The Labute approximate surface area is 116 Å². The molecule has 2 aliphatic rings. The van der Waals surface area contributed by atoms with Crippen molar-refractivity contribution in [3.63, 3.8) is 0 Å². The van der Waals surface area contributed by atoms with Crippen LogP contribution >= 0.6 is 0 Å². The molecule has 19 heavy (non-hydrogen) atoms. The summed E-state index contributed by atoms with van der Waals surface area (Å²) in [5.41, 5.74) is -0.0871. The topological polar surface area (TPSA) is 49.8 Å². The highest BCUT2D eigenvalue weighted by Crippen LogP contribution is 2.36. The lowest BCUT2D eigenvalue weighted by Crippen LogP contribution is -2.50. The number of aliphatic hydroxyl groups excluding tert-OH is 1. The highest BCUT2D eigenvalue weighted by molar-refractivity contribution is 5.79. The quantitative estimate of drug-likeness (QED) is 0.748. The third-order valence-electron chi connectivity index (χ3n) is 4.82. The Bertz CT molecular complexity index is 304. The maximum Gasteiger partial charge on any atom is 0.225 e. The second-order valence-corrected chi connectivity index (χ2v) is 6.25. The molecule has 4 nitrogen and oxygen atoms in total. The van der Waals surface area contributed by atoms with Crippen molar-refractivity contribution in [3.8, 4) is 0 Å². The third kappa shape index (κ3) is 3.48. The van der Waals surface area contributed by atoms with E-state index in [1.165, 1.54) is 6.42 Å². The van der Waals surface area contributed by atoms with Crippen molar-refractivity contribution in [2.45, 2.75) is 44.9 Å². The monoisotopic (exact) mass is 269 g/mol. The van der Waals surface area contributed by atoms with Gasteiger partial charge >= 0.3 is 0 Å². The molecular formula is C15H27NO3. The molecule has 1 heterocycles. The molecule has 1 aliphatic carbocycles. The molecule has 1 saturated heterocycles. The Hall–Kier alpha value is -0.610. The van der Waals surface area contributed by atoms with Crippen molar-refractivity contribution in [3.05, 3.63) is 0 Å². The fourth-order valence-corrected chi connectivity index (χ4v) is 3.31. The van der Waals surface area contributed by atoms with Crippen molar-refractivity contribution >= 4 is 5.91 Å². The number of rotatable bonds is 6. The Kier molecular flexibility index (Phi) is 5.22. The SMILES string of the molecule is COCCCC1(CO)CCCN(C(=O)C2CCC2)C1. The summed E-state index contributed by atoms with van der Waals surface area (Å²) in [4.78, 5) is 14.3. The fraction of sp³-hybridized carbons (Fsp3) is 0.933. The second kappa shape index (κ2) is 6.71. The van der Waals surface area contributed by atoms with E-state index in [-0.39, 0.29) is 17.9 Å². The molecule has 1 amide bonds. The molecule has 0 aromatic rings. The van der Waals surface area contributed by atoms with Gasteiger partial charge in [-0.2, -0.15) is 0 Å². The number of hydrogen-bond donors (Lipinski definition) is 1. The van der Waals surface area contributed by atoms with E-state index >= 15 is 0 Å². The predicted octanol–water partition coefficient (Wildman–Crippen LogP) is 1.81. The van der Waals surface area contributed by atoms with Gasteiger partial charge in [0, 0.05) is 38.1 Å². The van der Waals surface area contributed by atoms with E-state index in [0.29, 0.717) is 5.91 Å². The zero-order valence-electron chi connectivity index (χ0n) is 12.1. The Balaban J connectivity index is 1.90. The lowest BCUT2D eigenvalue weighted by Gasteiger charge is -2.44. The lowest BCUT2D eigenvalue weighted by atomic mass is 9.76. The summed E-state index contributed by atoms with van der Waals surface area (Å²) in [5, 5.41) is 9.77. The summed E-state index contributed by atoms with van der Waals surface area (Å²) in [5.74, 6) is 0.601. The van der Waals surface area contributed by atoms with Gasteiger partial charge in [0.2, 0.25) is 5.91 Å². The average Bonchev–Trinajstić information content (AvgIpc) is 2.37. The number of nitrogens with zero attached hydrogens (tertiary/aromatic N) is 1. The fourth-order valence-electron chi connectivity index (χ4n) is 3.31. The molecule has 0 spiro atoms. The number of aliphatic hydroxyl groups is 1. The molecule has 110 valence electrons. The van der Waals surface area contributed by atoms with Crippen molar-refractivity contribution in [2.24, 2.45) is 11.3 Å².